The third kappa shape index (κ3) is 5.20. The number of aromatic nitrogens is 2. The highest BCUT2D eigenvalue weighted by atomic mass is 19.4. The first kappa shape index (κ1) is 25.3. The van der Waals surface area contributed by atoms with E-state index < -0.39 is 23.0 Å². The lowest BCUT2D eigenvalue weighted by molar-refractivity contribution is -0.137. The largest absolute Gasteiger partial charge is 0.416 e. The summed E-state index contributed by atoms with van der Waals surface area (Å²) >= 11 is 0. The van der Waals surface area contributed by atoms with Gasteiger partial charge < -0.3 is 14.8 Å². The van der Waals surface area contributed by atoms with Crippen molar-refractivity contribution in [3.05, 3.63) is 110 Å². The number of hydrogen-bond donors (Lipinski definition) is 1. The van der Waals surface area contributed by atoms with Gasteiger partial charge in [-0.25, -0.2) is 4.79 Å². The van der Waals surface area contributed by atoms with Crippen LogP contribution in [0.2, 0.25) is 0 Å². The number of rotatable bonds is 5. The second-order valence-electron chi connectivity index (χ2n) is 9.21. The average molecular weight is 523 g/mol. The first-order chi connectivity index (χ1) is 18.2. The Morgan fingerprint density at radius 3 is 2.32 bits per heavy atom. The van der Waals surface area contributed by atoms with Gasteiger partial charge in [0.25, 0.3) is 11.5 Å². The van der Waals surface area contributed by atoms with Crippen LogP contribution in [0.5, 0.6) is 0 Å². The highest BCUT2D eigenvalue weighted by Gasteiger charge is 2.31. The van der Waals surface area contributed by atoms with Crippen molar-refractivity contribution in [2.24, 2.45) is 0 Å². The van der Waals surface area contributed by atoms with Crippen LogP contribution in [-0.2, 0) is 19.1 Å². The van der Waals surface area contributed by atoms with Crippen LogP contribution in [-0.4, -0.2) is 46.5 Å². The minimum atomic E-state index is -4.42. The second kappa shape index (κ2) is 10.2. The summed E-state index contributed by atoms with van der Waals surface area (Å²) < 4.78 is 40.4. The number of alkyl halides is 3. The van der Waals surface area contributed by atoms with Gasteiger partial charge in [-0.15, -0.1) is 0 Å². The smallest absolute Gasteiger partial charge is 0.368 e. The molecule has 10 heteroatoms. The van der Waals surface area contributed by atoms with Gasteiger partial charge in [-0.05, 0) is 48.4 Å². The molecule has 1 aromatic heterocycles. The van der Waals surface area contributed by atoms with Crippen molar-refractivity contribution in [1.29, 1.82) is 0 Å². The Balaban J connectivity index is 1.29. The Hall–Kier alpha value is -4.34. The van der Waals surface area contributed by atoms with Crippen LogP contribution in [0.4, 0.5) is 18.9 Å². The lowest BCUT2D eigenvalue weighted by Gasteiger charge is -2.36. The molecule has 5 rings (SSSR count). The number of aryl methyl sites for hydroxylation is 1. The molecule has 0 radical (unpaired) electrons. The van der Waals surface area contributed by atoms with Crippen molar-refractivity contribution in [2.45, 2.75) is 19.1 Å². The Kier molecular flexibility index (Phi) is 6.79. The van der Waals surface area contributed by atoms with Crippen LogP contribution in [0.3, 0.4) is 0 Å². The summed E-state index contributed by atoms with van der Waals surface area (Å²) in [5.41, 5.74) is 0.391. The normalized spacial score (nSPS) is 14.2. The van der Waals surface area contributed by atoms with E-state index in [-0.39, 0.29) is 18.0 Å². The molecule has 4 aromatic rings. The molecule has 1 aliphatic rings. The fourth-order valence-corrected chi connectivity index (χ4v) is 4.71. The van der Waals surface area contributed by atoms with Gasteiger partial charge in [-0.1, -0.05) is 36.4 Å². The van der Waals surface area contributed by atoms with Gasteiger partial charge in [0.15, 0.2) is 0 Å². The summed E-state index contributed by atoms with van der Waals surface area (Å²) in [7, 11) is 0. The van der Waals surface area contributed by atoms with Gasteiger partial charge in [0.05, 0.1) is 16.5 Å². The minimum absolute atomic E-state index is 0.227. The predicted octanol–water partition coefficient (Wildman–Crippen LogP) is 3.91. The molecule has 0 saturated carbocycles. The van der Waals surface area contributed by atoms with E-state index in [1.54, 1.807) is 23.1 Å². The Labute approximate surface area is 215 Å². The monoisotopic (exact) mass is 522 g/mol. The Morgan fingerprint density at radius 2 is 1.61 bits per heavy atom. The summed E-state index contributed by atoms with van der Waals surface area (Å²) in [6.45, 7) is 1.63. The van der Waals surface area contributed by atoms with Crippen LogP contribution >= 0.6 is 0 Å². The molecule has 1 aliphatic heterocycles. The van der Waals surface area contributed by atoms with Gasteiger partial charge in [0.2, 0.25) is 0 Å². The quantitative estimate of drug-likeness (QED) is 0.431. The molecule has 38 heavy (non-hydrogen) atoms. The molecule has 3 aromatic carbocycles. The number of anilines is 1. The lowest BCUT2D eigenvalue weighted by atomic mass is 10.1. The van der Waals surface area contributed by atoms with Crippen molar-refractivity contribution in [3.8, 4) is 0 Å². The van der Waals surface area contributed by atoms with E-state index in [4.69, 9.17) is 0 Å². The van der Waals surface area contributed by atoms with Crippen LogP contribution < -0.4 is 16.1 Å². The minimum Gasteiger partial charge on any atom is -0.368 e. The summed E-state index contributed by atoms with van der Waals surface area (Å²) in [5.74, 6) is -0.273. The number of carbonyl (C=O) groups excluding carboxylic acids is 1. The van der Waals surface area contributed by atoms with E-state index in [0.29, 0.717) is 49.2 Å². The number of H-pyrrole nitrogens is 1. The third-order valence-corrected chi connectivity index (χ3v) is 6.80. The maximum absolute atomic E-state index is 13.2. The molecule has 1 amide bonds. The number of piperazine rings is 1. The maximum atomic E-state index is 13.2. The molecule has 196 valence electrons. The topological polar surface area (TPSA) is 78.4 Å². The SMILES string of the molecule is O=C(c1ccc2c(=O)n(CCc3ccccc3)c(=O)[nH]c2c1)N1CCN(c2cccc(C(F)(F)F)c2)CC1. The fourth-order valence-electron chi connectivity index (χ4n) is 4.71. The van der Waals surface area contributed by atoms with E-state index in [0.717, 1.165) is 22.3 Å². The molecule has 0 atom stereocenters. The van der Waals surface area contributed by atoms with Crippen LogP contribution in [0.25, 0.3) is 10.9 Å². The van der Waals surface area contributed by atoms with Crippen molar-refractivity contribution in [1.82, 2.24) is 14.5 Å². The molecule has 0 unspecified atom stereocenters. The molecular weight excluding hydrogens is 497 g/mol. The zero-order valence-corrected chi connectivity index (χ0v) is 20.4. The van der Waals surface area contributed by atoms with Crippen molar-refractivity contribution in [3.63, 3.8) is 0 Å². The van der Waals surface area contributed by atoms with Crippen LogP contribution in [0.15, 0.2) is 82.4 Å². The van der Waals surface area contributed by atoms with Gasteiger partial charge in [-0.3, -0.25) is 14.2 Å². The van der Waals surface area contributed by atoms with Gasteiger partial charge in [0.1, 0.15) is 0 Å². The fraction of sp³-hybridized carbons (Fsp3) is 0.250. The number of hydrogen-bond acceptors (Lipinski definition) is 4. The summed E-state index contributed by atoms with van der Waals surface area (Å²) in [6.07, 6.45) is -3.89. The maximum Gasteiger partial charge on any atom is 0.416 e. The zero-order valence-electron chi connectivity index (χ0n) is 20.4. The van der Waals surface area contributed by atoms with E-state index in [1.165, 1.54) is 12.1 Å². The highest BCUT2D eigenvalue weighted by Crippen LogP contribution is 2.32. The zero-order chi connectivity index (χ0) is 26.9. The van der Waals surface area contributed by atoms with E-state index >= 15 is 0 Å². The van der Waals surface area contributed by atoms with Gasteiger partial charge >= 0.3 is 11.9 Å². The number of nitrogens with zero attached hydrogens (tertiary/aromatic N) is 3. The van der Waals surface area contributed by atoms with Crippen molar-refractivity contribution >= 4 is 22.5 Å². The number of halogens is 3. The number of carbonyl (C=O) groups is 1. The Morgan fingerprint density at radius 1 is 0.868 bits per heavy atom. The Bertz CT molecular complexity index is 1590. The standard InChI is InChI=1S/C28H25F3N4O3/c29-28(30,31)21-7-4-8-22(18-21)33-13-15-34(16-14-33)25(36)20-9-10-23-24(17-20)32-27(38)35(26(23)37)12-11-19-5-2-1-3-6-19/h1-10,17-18H,11-16H2,(H,32,38). The van der Waals surface area contributed by atoms with Crippen molar-refractivity contribution in [2.75, 3.05) is 31.1 Å². The first-order valence-corrected chi connectivity index (χ1v) is 12.2. The number of amides is 1. The van der Waals surface area contributed by atoms with E-state index in [2.05, 4.69) is 4.98 Å². The number of benzene rings is 3. The summed E-state index contributed by atoms with van der Waals surface area (Å²) in [5, 5.41) is 0.309. The molecular formula is C28H25F3N4O3. The molecule has 0 spiro atoms. The van der Waals surface area contributed by atoms with E-state index in [9.17, 15) is 27.6 Å². The van der Waals surface area contributed by atoms with Crippen molar-refractivity contribution < 1.29 is 18.0 Å². The molecule has 0 bridgehead atoms. The lowest BCUT2D eigenvalue weighted by Crippen LogP contribution is -2.48. The van der Waals surface area contributed by atoms with Gasteiger partial charge in [0, 0.05) is 44.0 Å². The number of fused-ring (bicyclic) bond motifs is 1. The molecule has 1 saturated heterocycles. The molecule has 1 N–H and O–H groups in total. The highest BCUT2D eigenvalue weighted by molar-refractivity contribution is 5.97. The second-order valence-corrected chi connectivity index (χ2v) is 9.21. The number of nitrogens with one attached hydrogen (secondary N) is 1. The summed E-state index contributed by atoms with van der Waals surface area (Å²) in [4.78, 5) is 44.9. The number of aromatic amines is 1. The third-order valence-electron chi connectivity index (χ3n) is 6.80. The van der Waals surface area contributed by atoms with Crippen LogP contribution in [0, 0.1) is 0 Å². The summed E-state index contributed by atoms with van der Waals surface area (Å²) in [6, 6.07) is 19.3. The molecule has 1 fully saturated rings. The first-order valence-electron chi connectivity index (χ1n) is 12.2. The molecule has 2 heterocycles. The molecule has 7 nitrogen and oxygen atoms in total. The van der Waals surface area contributed by atoms with Crippen LogP contribution in [0.1, 0.15) is 21.5 Å². The van der Waals surface area contributed by atoms with Gasteiger partial charge in [-0.2, -0.15) is 13.2 Å². The van der Waals surface area contributed by atoms with E-state index in [1.807, 2.05) is 35.2 Å². The average Bonchev–Trinajstić information content (AvgIpc) is 2.92. The molecule has 0 aliphatic carbocycles. The predicted molar refractivity (Wildman–Crippen MR) is 139 cm³/mol.